The van der Waals surface area contributed by atoms with Crippen molar-refractivity contribution in [3.63, 3.8) is 0 Å². The SMILES string of the molecule is COc1ccc(C(=O)O[C@H](CCO[Si](C)(C)C(C)(C)C)C[C@@H]2C[C@@H](C[C@@H]3C[C@H](C[C@H](CCO)OC(=O)c4ccc(OC)cc4)OC(C)(C)O3)OC(C)(C)O2)cc1. The van der Waals surface area contributed by atoms with Crippen LogP contribution in [0.2, 0.25) is 18.1 Å². The summed E-state index contributed by atoms with van der Waals surface area (Å²) in [5.74, 6) is -1.38. The van der Waals surface area contributed by atoms with Crippen LogP contribution in [-0.2, 0) is 32.8 Å². The summed E-state index contributed by atoms with van der Waals surface area (Å²) in [6.07, 6.45) is 1.34. The number of hydrogen-bond acceptors (Lipinski definition) is 12. The molecule has 0 bridgehead atoms. The van der Waals surface area contributed by atoms with Gasteiger partial charge in [-0.05, 0) is 94.4 Å². The average Bonchev–Trinajstić information content (AvgIpc) is 3.09. The molecule has 13 heteroatoms. The molecule has 6 atom stereocenters. The maximum Gasteiger partial charge on any atom is 0.338 e. The zero-order chi connectivity index (χ0) is 41.3. The third-order valence-corrected chi connectivity index (χ3v) is 15.3. The summed E-state index contributed by atoms with van der Waals surface area (Å²) >= 11 is 0. The minimum absolute atomic E-state index is 0.0462. The maximum atomic E-state index is 13.4. The molecule has 0 aliphatic carbocycles. The number of methoxy groups -OCH3 is 2. The molecule has 4 rings (SSSR count). The van der Waals surface area contributed by atoms with Crippen LogP contribution in [0.4, 0.5) is 0 Å². The van der Waals surface area contributed by atoms with Gasteiger partial charge < -0.3 is 47.4 Å². The Bertz CT molecular complexity index is 1540. The molecule has 2 fully saturated rings. The number of hydrogen-bond donors (Lipinski definition) is 1. The molecule has 0 spiro atoms. The van der Waals surface area contributed by atoms with E-state index in [-0.39, 0.29) is 42.5 Å². The molecule has 2 aliphatic rings. The molecule has 0 unspecified atom stereocenters. The average molecular weight is 803 g/mol. The number of ether oxygens (including phenoxy) is 8. The van der Waals surface area contributed by atoms with Gasteiger partial charge in [0.1, 0.15) is 23.7 Å². The second-order valence-corrected chi connectivity index (χ2v) is 22.2. The fraction of sp³-hybridized carbons (Fsp3) is 0.674. The van der Waals surface area contributed by atoms with E-state index in [1.807, 2.05) is 27.7 Å². The number of esters is 2. The van der Waals surface area contributed by atoms with Gasteiger partial charge in [0.05, 0.1) is 49.8 Å². The van der Waals surface area contributed by atoms with Crippen LogP contribution in [0.5, 0.6) is 11.5 Å². The molecule has 2 aliphatic heterocycles. The van der Waals surface area contributed by atoms with E-state index in [0.717, 1.165) is 0 Å². The highest BCUT2D eigenvalue weighted by Crippen LogP contribution is 2.38. The van der Waals surface area contributed by atoms with Crippen LogP contribution in [0.25, 0.3) is 0 Å². The smallest absolute Gasteiger partial charge is 0.338 e. The fourth-order valence-corrected chi connectivity index (χ4v) is 8.11. The summed E-state index contributed by atoms with van der Waals surface area (Å²) in [6, 6.07) is 13.6. The normalized spacial score (nSPS) is 23.4. The van der Waals surface area contributed by atoms with Gasteiger partial charge in [0, 0.05) is 58.2 Å². The number of benzene rings is 2. The lowest BCUT2D eigenvalue weighted by molar-refractivity contribution is -0.327. The van der Waals surface area contributed by atoms with E-state index in [4.69, 9.17) is 42.3 Å². The second-order valence-electron chi connectivity index (χ2n) is 17.4. The van der Waals surface area contributed by atoms with E-state index >= 15 is 0 Å². The van der Waals surface area contributed by atoms with E-state index in [1.54, 1.807) is 62.8 Å². The molecule has 56 heavy (non-hydrogen) atoms. The number of carbonyl (C=O) groups is 2. The van der Waals surface area contributed by atoms with Crippen LogP contribution < -0.4 is 9.47 Å². The summed E-state index contributed by atoms with van der Waals surface area (Å²) in [5, 5.41) is 9.87. The Balaban J connectivity index is 1.43. The zero-order valence-corrected chi connectivity index (χ0v) is 36.4. The van der Waals surface area contributed by atoms with E-state index in [0.29, 0.717) is 67.8 Å². The number of aliphatic hydroxyl groups is 1. The van der Waals surface area contributed by atoms with Crippen molar-refractivity contribution in [3.05, 3.63) is 59.7 Å². The predicted molar refractivity (Wildman–Crippen MR) is 215 cm³/mol. The van der Waals surface area contributed by atoms with E-state index < -0.39 is 44.0 Å². The maximum absolute atomic E-state index is 13.4. The monoisotopic (exact) mass is 802 g/mol. The van der Waals surface area contributed by atoms with Gasteiger partial charge in [-0.15, -0.1) is 0 Å². The first-order valence-corrected chi connectivity index (χ1v) is 22.8. The predicted octanol–water partition coefficient (Wildman–Crippen LogP) is 8.24. The summed E-state index contributed by atoms with van der Waals surface area (Å²) in [7, 11) is 1.12. The summed E-state index contributed by atoms with van der Waals surface area (Å²) in [5.41, 5.74) is 0.840. The first kappa shape index (κ1) is 45.7. The first-order chi connectivity index (χ1) is 26.2. The van der Waals surface area contributed by atoms with Crippen LogP contribution >= 0.6 is 0 Å². The van der Waals surface area contributed by atoms with Crippen molar-refractivity contribution in [1.82, 2.24) is 0 Å². The third kappa shape index (κ3) is 13.8. The van der Waals surface area contributed by atoms with Crippen LogP contribution in [-0.4, -0.2) is 101 Å². The van der Waals surface area contributed by atoms with Gasteiger partial charge in [0.25, 0.3) is 0 Å². The molecule has 2 heterocycles. The molecule has 0 aromatic heterocycles. The zero-order valence-electron chi connectivity index (χ0n) is 35.4. The van der Waals surface area contributed by atoms with Gasteiger partial charge in [0.15, 0.2) is 19.9 Å². The van der Waals surface area contributed by atoms with Gasteiger partial charge in [-0.3, -0.25) is 0 Å². The van der Waals surface area contributed by atoms with Crippen LogP contribution in [0.15, 0.2) is 48.5 Å². The lowest BCUT2D eigenvalue weighted by Gasteiger charge is -2.45. The van der Waals surface area contributed by atoms with Crippen LogP contribution in [0.1, 0.15) is 114 Å². The Labute approximate surface area is 334 Å². The second kappa shape index (κ2) is 19.6. The highest BCUT2D eigenvalue weighted by Gasteiger charge is 2.43. The van der Waals surface area contributed by atoms with Crippen molar-refractivity contribution in [1.29, 1.82) is 0 Å². The van der Waals surface area contributed by atoms with Crippen molar-refractivity contribution in [2.45, 2.75) is 160 Å². The fourth-order valence-electron chi connectivity index (χ4n) is 7.05. The lowest BCUT2D eigenvalue weighted by atomic mass is 9.93. The van der Waals surface area contributed by atoms with Crippen LogP contribution in [0, 0.1) is 0 Å². The number of rotatable bonds is 18. The molecule has 1 N–H and O–H groups in total. The van der Waals surface area contributed by atoms with E-state index in [9.17, 15) is 14.7 Å². The summed E-state index contributed by atoms with van der Waals surface area (Å²) < 4.78 is 54.7. The Morgan fingerprint density at radius 3 is 1.48 bits per heavy atom. The van der Waals surface area contributed by atoms with Crippen molar-refractivity contribution < 1.29 is 57.0 Å². The van der Waals surface area contributed by atoms with Crippen molar-refractivity contribution in [2.75, 3.05) is 27.4 Å². The topological polar surface area (TPSA) is 137 Å². The lowest BCUT2D eigenvalue weighted by Crippen LogP contribution is -2.50. The van der Waals surface area contributed by atoms with Gasteiger partial charge in [0.2, 0.25) is 0 Å². The highest BCUT2D eigenvalue weighted by molar-refractivity contribution is 6.74. The number of carbonyl (C=O) groups excluding carboxylic acids is 2. The van der Waals surface area contributed by atoms with Crippen molar-refractivity contribution in [2.24, 2.45) is 0 Å². The Morgan fingerprint density at radius 2 is 1.11 bits per heavy atom. The minimum atomic E-state index is -2.03. The molecule has 0 amide bonds. The van der Waals surface area contributed by atoms with Gasteiger partial charge >= 0.3 is 11.9 Å². The van der Waals surface area contributed by atoms with Gasteiger partial charge in [-0.2, -0.15) is 0 Å². The van der Waals surface area contributed by atoms with Crippen LogP contribution in [0.3, 0.4) is 0 Å². The molecule has 0 radical (unpaired) electrons. The molecule has 2 aromatic carbocycles. The van der Waals surface area contributed by atoms with Crippen molar-refractivity contribution in [3.8, 4) is 11.5 Å². The largest absolute Gasteiger partial charge is 0.497 e. The summed E-state index contributed by atoms with van der Waals surface area (Å²) in [6.45, 7) is 18.9. The molecular weight excluding hydrogens is 737 g/mol. The third-order valence-electron chi connectivity index (χ3n) is 10.8. The standard InChI is InChI=1S/C43H66O12Si/c1-41(2,3)56(10,11)49-23-21-34(51-40(46)30-14-18-32(48-9)19-15-30)25-36-27-38(55-43(6,7)53-36)28-37-26-35(52-42(4,5)54-37)24-33(20-22-44)50-39(45)29-12-16-31(47-8)17-13-29/h12-19,33-38,44H,20-28H2,1-11H3/t33-,34+,35-,36+,37-,38-/m0/s1. The van der Waals surface area contributed by atoms with Gasteiger partial charge in [-0.25, -0.2) is 9.59 Å². The minimum Gasteiger partial charge on any atom is -0.497 e. The highest BCUT2D eigenvalue weighted by atomic mass is 28.4. The molecule has 12 nitrogen and oxygen atoms in total. The molecule has 314 valence electrons. The molecule has 2 aromatic rings. The Morgan fingerprint density at radius 1 is 0.714 bits per heavy atom. The van der Waals surface area contributed by atoms with E-state index in [1.165, 1.54) is 0 Å². The first-order valence-electron chi connectivity index (χ1n) is 19.9. The quantitative estimate of drug-likeness (QED) is 0.115. The van der Waals surface area contributed by atoms with E-state index in [2.05, 4.69) is 33.9 Å². The molecule has 0 saturated carbocycles. The Kier molecular flexibility index (Phi) is 16.0. The summed E-state index contributed by atoms with van der Waals surface area (Å²) in [4.78, 5) is 26.4. The molecular formula is C43H66O12Si. The number of aliphatic hydroxyl groups excluding tert-OH is 1. The van der Waals surface area contributed by atoms with Crippen molar-refractivity contribution >= 4 is 20.3 Å². The Hall–Kier alpha value is -3.04. The molecule has 2 saturated heterocycles. The van der Waals surface area contributed by atoms with Gasteiger partial charge in [-0.1, -0.05) is 20.8 Å².